The normalized spacial score (nSPS) is 10.2. The molecule has 4 heteroatoms. The second-order valence-corrected chi connectivity index (χ2v) is 3.07. The van der Waals surface area contributed by atoms with E-state index in [0.29, 0.717) is 11.8 Å². The Labute approximate surface area is 85.9 Å². The van der Waals surface area contributed by atoms with Gasteiger partial charge in [-0.1, -0.05) is 18.2 Å². The fourth-order valence-electron chi connectivity index (χ4n) is 1.55. The molecule has 0 aliphatic heterocycles. The van der Waals surface area contributed by atoms with Gasteiger partial charge in [0.15, 0.2) is 6.29 Å². The third-order valence-corrected chi connectivity index (χ3v) is 2.25. The molecule has 0 spiro atoms. The lowest BCUT2D eigenvalue weighted by atomic mass is 10.1. The molecule has 1 N–H and O–H groups in total. The minimum atomic E-state index is -0.534. The van der Waals surface area contributed by atoms with E-state index in [2.05, 4.69) is 9.72 Å². The molecular formula is C11H9NO3. The fourth-order valence-corrected chi connectivity index (χ4v) is 1.55. The molecule has 15 heavy (non-hydrogen) atoms. The number of esters is 1. The van der Waals surface area contributed by atoms with Gasteiger partial charge in [-0.2, -0.15) is 0 Å². The van der Waals surface area contributed by atoms with Crippen LogP contribution in [0.25, 0.3) is 10.9 Å². The minimum absolute atomic E-state index is 0.203. The van der Waals surface area contributed by atoms with Gasteiger partial charge in [-0.3, -0.25) is 4.79 Å². The van der Waals surface area contributed by atoms with E-state index >= 15 is 0 Å². The van der Waals surface area contributed by atoms with E-state index in [1.54, 1.807) is 12.1 Å². The highest BCUT2D eigenvalue weighted by molar-refractivity contribution is 6.07. The Morgan fingerprint density at radius 3 is 2.80 bits per heavy atom. The number of carbonyl (C=O) groups excluding carboxylic acids is 2. The van der Waals surface area contributed by atoms with Crippen LogP contribution in [0.15, 0.2) is 24.3 Å². The molecule has 0 amide bonds. The summed E-state index contributed by atoms with van der Waals surface area (Å²) in [6, 6.07) is 7.22. The number of hydrogen-bond donors (Lipinski definition) is 1. The van der Waals surface area contributed by atoms with Crippen LogP contribution in [-0.4, -0.2) is 24.3 Å². The van der Waals surface area contributed by atoms with Gasteiger partial charge >= 0.3 is 5.97 Å². The molecule has 0 saturated heterocycles. The average molecular weight is 203 g/mol. The van der Waals surface area contributed by atoms with Gasteiger partial charge in [0.05, 0.1) is 12.7 Å². The monoisotopic (exact) mass is 203 g/mol. The zero-order chi connectivity index (χ0) is 10.8. The van der Waals surface area contributed by atoms with Crippen molar-refractivity contribution in [1.82, 2.24) is 4.98 Å². The molecule has 0 unspecified atom stereocenters. The molecule has 0 bridgehead atoms. The van der Waals surface area contributed by atoms with Crippen LogP contribution < -0.4 is 0 Å². The van der Waals surface area contributed by atoms with Crippen molar-refractivity contribution in [2.75, 3.05) is 7.11 Å². The van der Waals surface area contributed by atoms with Gasteiger partial charge in [0, 0.05) is 10.9 Å². The fraction of sp³-hybridized carbons (Fsp3) is 0.0909. The van der Waals surface area contributed by atoms with Crippen molar-refractivity contribution in [1.29, 1.82) is 0 Å². The number of hydrogen-bond acceptors (Lipinski definition) is 3. The first-order valence-electron chi connectivity index (χ1n) is 4.42. The Bertz CT molecular complexity index is 528. The second-order valence-electron chi connectivity index (χ2n) is 3.07. The maximum atomic E-state index is 11.4. The molecule has 0 aliphatic rings. The molecule has 1 heterocycles. The molecule has 2 aromatic rings. The number of carbonyl (C=O) groups is 2. The van der Waals surface area contributed by atoms with Crippen molar-refractivity contribution in [3.05, 3.63) is 35.5 Å². The van der Waals surface area contributed by atoms with Crippen LogP contribution in [0.2, 0.25) is 0 Å². The first kappa shape index (κ1) is 9.45. The average Bonchev–Trinajstić information content (AvgIpc) is 2.66. The third-order valence-electron chi connectivity index (χ3n) is 2.25. The summed E-state index contributed by atoms with van der Waals surface area (Å²) in [6.45, 7) is 0. The summed E-state index contributed by atoms with van der Waals surface area (Å²) >= 11 is 0. The van der Waals surface area contributed by atoms with Crippen LogP contribution in [0.5, 0.6) is 0 Å². The summed E-state index contributed by atoms with van der Waals surface area (Å²) in [6.07, 6.45) is 0.658. The largest absolute Gasteiger partial charge is 0.464 e. The van der Waals surface area contributed by atoms with E-state index in [0.717, 1.165) is 10.9 Å². The van der Waals surface area contributed by atoms with Crippen molar-refractivity contribution in [3.8, 4) is 0 Å². The Kier molecular flexibility index (Phi) is 2.25. The summed E-state index contributed by atoms with van der Waals surface area (Å²) < 4.78 is 4.58. The summed E-state index contributed by atoms with van der Waals surface area (Å²) in [5.74, 6) is -0.534. The molecule has 76 valence electrons. The third kappa shape index (κ3) is 1.40. The van der Waals surface area contributed by atoms with Crippen molar-refractivity contribution in [2.24, 2.45) is 0 Å². The number of fused-ring (bicyclic) bond motifs is 1. The highest BCUT2D eigenvalue weighted by atomic mass is 16.5. The zero-order valence-corrected chi connectivity index (χ0v) is 8.11. The van der Waals surface area contributed by atoms with Crippen molar-refractivity contribution in [2.45, 2.75) is 0 Å². The molecule has 0 aliphatic carbocycles. The number of aromatic amines is 1. The zero-order valence-electron chi connectivity index (χ0n) is 8.11. The number of rotatable bonds is 2. The van der Waals surface area contributed by atoms with Crippen LogP contribution in [0.4, 0.5) is 0 Å². The Morgan fingerprint density at radius 2 is 2.13 bits per heavy atom. The van der Waals surface area contributed by atoms with Crippen molar-refractivity contribution in [3.63, 3.8) is 0 Å². The quantitative estimate of drug-likeness (QED) is 0.597. The lowest BCUT2D eigenvalue weighted by Crippen LogP contribution is -2.04. The Balaban J connectivity index is 2.74. The predicted molar refractivity (Wildman–Crippen MR) is 55.0 cm³/mol. The first-order valence-corrected chi connectivity index (χ1v) is 4.42. The Hall–Kier alpha value is -2.10. The summed E-state index contributed by atoms with van der Waals surface area (Å²) in [5.41, 5.74) is 1.30. The van der Waals surface area contributed by atoms with Gasteiger partial charge in [0.1, 0.15) is 5.69 Å². The van der Waals surface area contributed by atoms with Crippen LogP contribution in [-0.2, 0) is 4.74 Å². The van der Waals surface area contributed by atoms with Gasteiger partial charge in [-0.05, 0) is 6.07 Å². The summed E-state index contributed by atoms with van der Waals surface area (Å²) in [4.78, 5) is 25.1. The molecule has 0 atom stereocenters. The Morgan fingerprint density at radius 1 is 1.40 bits per heavy atom. The van der Waals surface area contributed by atoms with Crippen molar-refractivity contribution >= 4 is 23.2 Å². The van der Waals surface area contributed by atoms with Crippen LogP contribution in [0, 0.1) is 0 Å². The molecule has 1 aromatic carbocycles. The van der Waals surface area contributed by atoms with Gasteiger partial charge in [-0.15, -0.1) is 0 Å². The SMILES string of the molecule is COC(=O)c1[nH]c2ccccc2c1C=O. The number of benzene rings is 1. The maximum absolute atomic E-state index is 11.4. The molecular weight excluding hydrogens is 194 g/mol. The van der Waals surface area contributed by atoms with E-state index in [1.165, 1.54) is 7.11 Å². The van der Waals surface area contributed by atoms with Crippen molar-refractivity contribution < 1.29 is 14.3 Å². The first-order chi connectivity index (χ1) is 7.27. The van der Waals surface area contributed by atoms with E-state index in [1.807, 2.05) is 12.1 Å². The van der Waals surface area contributed by atoms with Crippen LogP contribution >= 0.6 is 0 Å². The standard InChI is InChI=1S/C11H9NO3/c1-15-11(14)10-8(6-13)7-4-2-3-5-9(7)12-10/h2-6,12H,1H3. The van der Waals surface area contributed by atoms with Gasteiger partial charge < -0.3 is 9.72 Å². The molecule has 1 aromatic heterocycles. The topological polar surface area (TPSA) is 59.2 Å². The number of H-pyrrole nitrogens is 1. The van der Waals surface area contributed by atoms with Crippen LogP contribution in [0.1, 0.15) is 20.8 Å². The van der Waals surface area contributed by atoms with E-state index in [-0.39, 0.29) is 5.69 Å². The lowest BCUT2D eigenvalue weighted by molar-refractivity contribution is 0.0593. The number of aromatic nitrogens is 1. The highest BCUT2D eigenvalue weighted by Crippen LogP contribution is 2.20. The van der Waals surface area contributed by atoms with Gasteiger partial charge in [0.2, 0.25) is 0 Å². The molecule has 2 rings (SSSR count). The predicted octanol–water partition coefficient (Wildman–Crippen LogP) is 1.77. The number of ether oxygens (including phenoxy) is 1. The summed E-state index contributed by atoms with van der Waals surface area (Å²) in [7, 11) is 1.28. The van der Waals surface area contributed by atoms with Crippen LogP contribution in [0.3, 0.4) is 0 Å². The smallest absolute Gasteiger partial charge is 0.355 e. The number of nitrogens with one attached hydrogen (secondary N) is 1. The number of methoxy groups -OCH3 is 1. The maximum Gasteiger partial charge on any atom is 0.355 e. The molecule has 0 fully saturated rings. The second kappa shape index (κ2) is 3.57. The lowest BCUT2D eigenvalue weighted by Gasteiger charge is -1.95. The van der Waals surface area contributed by atoms with Gasteiger partial charge in [-0.25, -0.2) is 4.79 Å². The van der Waals surface area contributed by atoms with E-state index in [4.69, 9.17) is 0 Å². The molecule has 4 nitrogen and oxygen atoms in total. The number of para-hydroxylation sites is 1. The minimum Gasteiger partial charge on any atom is -0.464 e. The summed E-state index contributed by atoms with van der Waals surface area (Å²) in [5, 5.41) is 0.730. The van der Waals surface area contributed by atoms with E-state index < -0.39 is 5.97 Å². The van der Waals surface area contributed by atoms with E-state index in [9.17, 15) is 9.59 Å². The highest BCUT2D eigenvalue weighted by Gasteiger charge is 2.16. The van der Waals surface area contributed by atoms with Gasteiger partial charge in [0.25, 0.3) is 0 Å². The number of aldehydes is 1. The molecule has 0 saturated carbocycles. The molecule has 0 radical (unpaired) electrons.